The molecule has 1 aromatic rings. The van der Waals surface area contributed by atoms with E-state index in [-0.39, 0.29) is 5.03 Å². The zero-order valence-corrected chi connectivity index (χ0v) is 12.0. The molecule has 6 nitrogen and oxygen atoms in total. The van der Waals surface area contributed by atoms with Crippen LogP contribution in [0.5, 0.6) is 0 Å². The van der Waals surface area contributed by atoms with Crippen LogP contribution in [-0.2, 0) is 10.0 Å². The summed E-state index contributed by atoms with van der Waals surface area (Å²) >= 11 is 0. The summed E-state index contributed by atoms with van der Waals surface area (Å²) in [6.07, 6.45) is 4.08. The van der Waals surface area contributed by atoms with E-state index in [1.807, 2.05) is 0 Å². The van der Waals surface area contributed by atoms with Gasteiger partial charge in [0.15, 0.2) is 5.03 Å². The average molecular weight is 284 g/mol. The highest BCUT2D eigenvalue weighted by molar-refractivity contribution is 7.89. The topological polar surface area (TPSA) is 69.3 Å². The molecule has 2 heterocycles. The minimum atomic E-state index is -3.39. The van der Waals surface area contributed by atoms with Gasteiger partial charge in [0.1, 0.15) is 5.82 Å². The highest BCUT2D eigenvalue weighted by atomic mass is 32.2. The van der Waals surface area contributed by atoms with Crippen molar-refractivity contribution in [3.8, 4) is 0 Å². The summed E-state index contributed by atoms with van der Waals surface area (Å²) in [7, 11) is -3.39. The smallest absolute Gasteiger partial charge is 0.260 e. The second-order valence-electron chi connectivity index (χ2n) is 5.48. The molecule has 1 saturated carbocycles. The van der Waals surface area contributed by atoms with Gasteiger partial charge in [-0.05, 0) is 25.7 Å². The van der Waals surface area contributed by atoms with Crippen molar-refractivity contribution in [1.82, 2.24) is 19.2 Å². The average Bonchev–Trinajstić information content (AvgIpc) is 3.08. The number of hydrogen-bond acceptors (Lipinski definition) is 4. The maximum atomic E-state index is 12.4. The van der Waals surface area contributed by atoms with Crippen LogP contribution in [0.2, 0.25) is 0 Å². The first-order chi connectivity index (χ1) is 9.05. The first-order valence-electron chi connectivity index (χ1n) is 6.80. The quantitative estimate of drug-likeness (QED) is 0.871. The van der Waals surface area contributed by atoms with Crippen LogP contribution in [0, 0.1) is 12.8 Å². The molecule has 0 amide bonds. The van der Waals surface area contributed by atoms with Gasteiger partial charge in [0, 0.05) is 32.7 Å². The molecule has 1 aliphatic heterocycles. The van der Waals surface area contributed by atoms with Gasteiger partial charge in [0.2, 0.25) is 0 Å². The van der Waals surface area contributed by atoms with Crippen molar-refractivity contribution in [3.05, 3.63) is 12.0 Å². The summed E-state index contributed by atoms with van der Waals surface area (Å²) in [5.41, 5.74) is 0. The first kappa shape index (κ1) is 13.1. The highest BCUT2D eigenvalue weighted by Gasteiger charge is 2.31. The van der Waals surface area contributed by atoms with Gasteiger partial charge in [-0.2, -0.15) is 4.31 Å². The third kappa shape index (κ3) is 2.82. The summed E-state index contributed by atoms with van der Waals surface area (Å²) < 4.78 is 26.3. The van der Waals surface area contributed by atoms with Gasteiger partial charge < -0.3 is 9.88 Å². The molecule has 19 heavy (non-hydrogen) atoms. The largest absolute Gasteiger partial charge is 0.332 e. The Morgan fingerprint density at radius 1 is 1.32 bits per heavy atom. The molecule has 0 atom stereocenters. The Bertz CT molecular complexity index is 542. The van der Waals surface area contributed by atoms with Gasteiger partial charge in [0.05, 0.1) is 6.20 Å². The van der Waals surface area contributed by atoms with Crippen LogP contribution in [-0.4, -0.2) is 60.3 Å². The molecule has 0 bridgehead atoms. The molecule has 7 heteroatoms. The Labute approximate surface area is 113 Å². The Balaban J connectivity index is 1.63. The highest BCUT2D eigenvalue weighted by Crippen LogP contribution is 2.30. The second-order valence-corrected chi connectivity index (χ2v) is 7.39. The number of rotatable bonds is 4. The lowest BCUT2D eigenvalue weighted by molar-refractivity contribution is 0.182. The van der Waals surface area contributed by atoms with Crippen LogP contribution in [0.25, 0.3) is 0 Å². The maximum Gasteiger partial charge on any atom is 0.260 e. The summed E-state index contributed by atoms with van der Waals surface area (Å²) in [6.45, 7) is 5.72. The first-order valence-corrected chi connectivity index (χ1v) is 8.24. The number of sulfonamides is 1. The van der Waals surface area contributed by atoms with Crippen LogP contribution in [0.3, 0.4) is 0 Å². The van der Waals surface area contributed by atoms with Crippen molar-refractivity contribution in [2.45, 2.75) is 24.8 Å². The summed E-state index contributed by atoms with van der Waals surface area (Å²) in [5, 5.41) is 0.209. The van der Waals surface area contributed by atoms with E-state index >= 15 is 0 Å². The molecule has 0 radical (unpaired) electrons. The molecule has 3 rings (SSSR count). The van der Waals surface area contributed by atoms with Gasteiger partial charge in [-0.15, -0.1) is 0 Å². The van der Waals surface area contributed by atoms with E-state index in [1.54, 1.807) is 11.2 Å². The normalized spacial score (nSPS) is 22.8. The number of piperazine rings is 1. The molecule has 1 aliphatic carbocycles. The van der Waals surface area contributed by atoms with Crippen molar-refractivity contribution < 1.29 is 8.42 Å². The Morgan fingerprint density at radius 2 is 2.00 bits per heavy atom. The fraction of sp³-hybridized carbons (Fsp3) is 0.750. The third-order valence-corrected chi connectivity index (χ3v) is 5.65. The lowest BCUT2D eigenvalue weighted by atomic mass is 10.3. The lowest BCUT2D eigenvalue weighted by Gasteiger charge is -2.33. The number of aromatic nitrogens is 2. The number of aromatic amines is 1. The standard InChI is InChI=1S/C12H20N4O2S/c1-10-13-8-12(14-10)19(17,18)16-6-4-15(5-7-16)9-11-2-3-11/h8,11H,2-7,9H2,1H3,(H,13,14). The molecule has 106 valence electrons. The van der Waals surface area contributed by atoms with E-state index in [0.29, 0.717) is 18.9 Å². The van der Waals surface area contributed by atoms with Gasteiger partial charge in [-0.1, -0.05) is 0 Å². The van der Waals surface area contributed by atoms with Crippen LogP contribution in [0.4, 0.5) is 0 Å². The predicted octanol–water partition coefficient (Wildman–Crippen LogP) is 0.434. The van der Waals surface area contributed by atoms with Crippen molar-refractivity contribution in [3.63, 3.8) is 0 Å². The Morgan fingerprint density at radius 3 is 2.53 bits per heavy atom. The molecule has 0 aromatic carbocycles. The second kappa shape index (κ2) is 4.88. The molecule has 1 saturated heterocycles. The zero-order chi connectivity index (χ0) is 13.5. The van der Waals surface area contributed by atoms with Crippen LogP contribution >= 0.6 is 0 Å². The number of nitrogens with one attached hydrogen (secondary N) is 1. The van der Waals surface area contributed by atoms with Gasteiger partial charge >= 0.3 is 0 Å². The van der Waals surface area contributed by atoms with Gasteiger partial charge in [-0.25, -0.2) is 13.4 Å². The molecule has 1 N–H and O–H groups in total. The molecular formula is C12H20N4O2S. The van der Waals surface area contributed by atoms with E-state index in [9.17, 15) is 8.42 Å². The predicted molar refractivity (Wildman–Crippen MR) is 71.2 cm³/mol. The molecule has 0 unspecified atom stereocenters. The number of H-pyrrole nitrogens is 1. The number of aryl methyl sites for hydroxylation is 1. The summed E-state index contributed by atoms with van der Waals surface area (Å²) in [4.78, 5) is 9.16. The van der Waals surface area contributed by atoms with E-state index in [0.717, 1.165) is 25.6 Å². The molecule has 2 aliphatic rings. The SMILES string of the molecule is Cc1ncc(S(=O)(=O)N2CCN(CC3CC3)CC2)[nH]1. The summed E-state index contributed by atoms with van der Waals surface area (Å²) in [6, 6.07) is 0. The van der Waals surface area contributed by atoms with Gasteiger partial charge in [-0.3, -0.25) is 0 Å². The van der Waals surface area contributed by atoms with Crippen LogP contribution in [0.15, 0.2) is 11.2 Å². The molecule has 0 spiro atoms. The summed E-state index contributed by atoms with van der Waals surface area (Å²) in [5.74, 6) is 1.49. The Hall–Kier alpha value is -0.920. The van der Waals surface area contributed by atoms with Crippen molar-refractivity contribution in [2.24, 2.45) is 5.92 Å². The number of nitrogens with zero attached hydrogens (tertiary/aromatic N) is 3. The van der Waals surface area contributed by atoms with Gasteiger partial charge in [0.25, 0.3) is 10.0 Å². The molecule has 2 fully saturated rings. The maximum absolute atomic E-state index is 12.4. The third-order valence-electron chi connectivity index (χ3n) is 3.84. The van der Waals surface area contributed by atoms with E-state index in [4.69, 9.17) is 0 Å². The van der Waals surface area contributed by atoms with E-state index < -0.39 is 10.0 Å². The number of imidazole rings is 1. The number of hydrogen-bond donors (Lipinski definition) is 1. The van der Waals surface area contributed by atoms with E-state index in [1.165, 1.54) is 19.0 Å². The van der Waals surface area contributed by atoms with Crippen molar-refractivity contribution in [2.75, 3.05) is 32.7 Å². The fourth-order valence-electron chi connectivity index (χ4n) is 2.49. The molecular weight excluding hydrogens is 264 g/mol. The van der Waals surface area contributed by atoms with Crippen molar-refractivity contribution in [1.29, 1.82) is 0 Å². The fourth-order valence-corrected chi connectivity index (χ4v) is 3.87. The zero-order valence-electron chi connectivity index (χ0n) is 11.2. The van der Waals surface area contributed by atoms with Crippen LogP contribution in [0.1, 0.15) is 18.7 Å². The lowest BCUT2D eigenvalue weighted by Crippen LogP contribution is -2.49. The molecule has 1 aromatic heterocycles. The van der Waals surface area contributed by atoms with Crippen LogP contribution < -0.4 is 0 Å². The van der Waals surface area contributed by atoms with E-state index in [2.05, 4.69) is 14.9 Å². The minimum absolute atomic E-state index is 0.209. The van der Waals surface area contributed by atoms with Crippen molar-refractivity contribution >= 4 is 10.0 Å². The minimum Gasteiger partial charge on any atom is -0.332 e. The monoisotopic (exact) mass is 284 g/mol. The Kier molecular flexibility index (Phi) is 3.36.